The Morgan fingerprint density at radius 1 is 1.06 bits per heavy atom. The molecule has 7 nitrogen and oxygen atoms in total. The Balaban J connectivity index is 3.42. The van der Waals surface area contributed by atoms with E-state index in [4.69, 9.17) is 4.74 Å². The highest BCUT2D eigenvalue weighted by atomic mass is 32.2. The number of aryl methyl sites for hydroxylation is 2. The van der Waals surface area contributed by atoms with Crippen molar-refractivity contribution in [1.29, 1.82) is 0 Å². The van der Waals surface area contributed by atoms with Crippen molar-refractivity contribution in [1.82, 2.24) is 15.5 Å². The molecule has 1 aromatic rings. The van der Waals surface area contributed by atoms with E-state index in [1.165, 1.54) is 0 Å². The smallest absolute Gasteiger partial charge is 0.408 e. The van der Waals surface area contributed by atoms with Crippen molar-refractivity contribution in [3.8, 4) is 0 Å². The Bertz CT molecular complexity index is 847. The zero-order chi connectivity index (χ0) is 27.5. The molecule has 0 aliphatic carbocycles. The molecule has 0 aliphatic heterocycles. The second-order valence-electron chi connectivity index (χ2n) is 10.6. The molecule has 204 valence electrons. The van der Waals surface area contributed by atoms with Gasteiger partial charge in [-0.1, -0.05) is 49.1 Å². The highest BCUT2D eigenvalue weighted by molar-refractivity contribution is 7.98. The summed E-state index contributed by atoms with van der Waals surface area (Å²) in [6.45, 7) is 15.8. The Hall–Kier alpha value is -2.22. The lowest BCUT2D eigenvalue weighted by Crippen LogP contribution is -2.55. The van der Waals surface area contributed by atoms with Crippen molar-refractivity contribution in [3.05, 3.63) is 34.9 Å². The quantitative estimate of drug-likeness (QED) is 0.333. The number of unbranched alkanes of at least 4 members (excludes halogenated alkanes) is 2. The van der Waals surface area contributed by atoms with Crippen LogP contribution in [0.1, 0.15) is 90.0 Å². The summed E-state index contributed by atoms with van der Waals surface area (Å²) < 4.78 is 5.43. The highest BCUT2D eigenvalue weighted by Crippen LogP contribution is 2.27. The van der Waals surface area contributed by atoms with E-state index in [9.17, 15) is 14.4 Å². The molecule has 2 N–H and O–H groups in total. The van der Waals surface area contributed by atoms with E-state index in [1.54, 1.807) is 37.4 Å². The number of nitrogens with one attached hydrogen (secondary N) is 2. The van der Waals surface area contributed by atoms with Crippen molar-refractivity contribution in [2.45, 2.75) is 105 Å². The van der Waals surface area contributed by atoms with Crippen molar-refractivity contribution < 1.29 is 19.1 Å². The number of ether oxygens (including phenoxy) is 1. The molecule has 8 heteroatoms. The van der Waals surface area contributed by atoms with E-state index >= 15 is 0 Å². The molecule has 0 saturated carbocycles. The van der Waals surface area contributed by atoms with Crippen LogP contribution in [0.15, 0.2) is 18.2 Å². The fraction of sp³-hybridized carbons (Fsp3) is 0.679. The third-order valence-electron chi connectivity index (χ3n) is 5.58. The van der Waals surface area contributed by atoms with Crippen LogP contribution >= 0.6 is 11.8 Å². The number of benzene rings is 1. The Morgan fingerprint density at radius 3 is 2.17 bits per heavy atom. The fourth-order valence-electron chi connectivity index (χ4n) is 4.09. The van der Waals surface area contributed by atoms with Crippen LogP contribution in [-0.2, 0) is 14.3 Å². The molecule has 0 heterocycles. The number of carbonyl (C=O) groups is 3. The van der Waals surface area contributed by atoms with Crippen LogP contribution in [-0.4, -0.2) is 59.0 Å². The van der Waals surface area contributed by atoms with Gasteiger partial charge in [-0.2, -0.15) is 11.8 Å². The Labute approximate surface area is 222 Å². The van der Waals surface area contributed by atoms with Gasteiger partial charge in [-0.3, -0.25) is 9.59 Å². The van der Waals surface area contributed by atoms with Gasteiger partial charge in [0.15, 0.2) is 0 Å². The van der Waals surface area contributed by atoms with Gasteiger partial charge in [-0.05, 0) is 78.9 Å². The van der Waals surface area contributed by atoms with E-state index < -0.39 is 23.8 Å². The summed E-state index contributed by atoms with van der Waals surface area (Å²) in [7, 11) is 0. The predicted molar refractivity (Wildman–Crippen MR) is 149 cm³/mol. The lowest BCUT2D eigenvalue weighted by molar-refractivity contribution is -0.144. The third-order valence-corrected chi connectivity index (χ3v) is 6.22. The van der Waals surface area contributed by atoms with Crippen LogP contribution in [0.5, 0.6) is 0 Å². The molecule has 2 atom stereocenters. The molecule has 1 aromatic carbocycles. The minimum atomic E-state index is -0.810. The minimum Gasteiger partial charge on any atom is -0.444 e. The van der Waals surface area contributed by atoms with Crippen molar-refractivity contribution in [3.63, 3.8) is 0 Å². The summed E-state index contributed by atoms with van der Waals surface area (Å²) in [4.78, 5) is 41.9. The first-order valence-electron chi connectivity index (χ1n) is 13.0. The van der Waals surface area contributed by atoms with Gasteiger partial charge in [0.1, 0.15) is 17.7 Å². The molecule has 2 unspecified atom stereocenters. The molecular formula is C28H47N3O4S. The summed E-state index contributed by atoms with van der Waals surface area (Å²) in [6.07, 6.45) is 4.71. The largest absolute Gasteiger partial charge is 0.444 e. The van der Waals surface area contributed by atoms with Gasteiger partial charge < -0.3 is 20.3 Å². The maximum atomic E-state index is 14.0. The van der Waals surface area contributed by atoms with Crippen LogP contribution in [0, 0.1) is 13.8 Å². The van der Waals surface area contributed by atoms with Gasteiger partial charge in [0, 0.05) is 12.6 Å². The van der Waals surface area contributed by atoms with Gasteiger partial charge in [-0.25, -0.2) is 4.79 Å². The summed E-state index contributed by atoms with van der Waals surface area (Å²) >= 11 is 1.60. The molecule has 0 aromatic heterocycles. The summed E-state index contributed by atoms with van der Waals surface area (Å²) in [5.74, 6) is 0.173. The number of alkyl carbamates (subject to hydrolysis) is 1. The van der Waals surface area contributed by atoms with Gasteiger partial charge in [-0.15, -0.1) is 0 Å². The molecule has 0 saturated heterocycles. The van der Waals surface area contributed by atoms with Gasteiger partial charge >= 0.3 is 6.09 Å². The maximum absolute atomic E-state index is 14.0. The number of nitrogens with zero attached hydrogens (tertiary/aromatic N) is 1. The second kappa shape index (κ2) is 15.1. The first-order valence-corrected chi connectivity index (χ1v) is 14.4. The predicted octanol–water partition coefficient (Wildman–Crippen LogP) is 5.53. The van der Waals surface area contributed by atoms with Crippen LogP contribution in [0.3, 0.4) is 0 Å². The monoisotopic (exact) mass is 521 g/mol. The Morgan fingerprint density at radius 2 is 1.67 bits per heavy atom. The number of rotatable bonds is 13. The van der Waals surface area contributed by atoms with Crippen LogP contribution < -0.4 is 10.6 Å². The molecule has 3 amide bonds. The Kier molecular flexibility index (Phi) is 13.4. The zero-order valence-corrected chi connectivity index (χ0v) is 24.5. The normalized spacial score (nSPS) is 13.2. The topological polar surface area (TPSA) is 87.7 Å². The van der Waals surface area contributed by atoms with E-state index in [0.717, 1.165) is 36.0 Å². The number of hydrogen-bond donors (Lipinski definition) is 2. The van der Waals surface area contributed by atoms with Gasteiger partial charge in [0.25, 0.3) is 0 Å². The molecule has 0 spiro atoms. The fourth-order valence-corrected chi connectivity index (χ4v) is 4.56. The van der Waals surface area contributed by atoms with E-state index in [0.29, 0.717) is 18.7 Å². The van der Waals surface area contributed by atoms with Crippen LogP contribution in [0.4, 0.5) is 4.79 Å². The van der Waals surface area contributed by atoms with Gasteiger partial charge in [0.05, 0.1) is 0 Å². The average molecular weight is 522 g/mol. The molecule has 0 radical (unpaired) electrons. The van der Waals surface area contributed by atoms with Crippen molar-refractivity contribution >= 4 is 29.7 Å². The molecule has 1 rings (SSSR count). The highest BCUT2D eigenvalue weighted by Gasteiger charge is 2.37. The number of amides is 3. The summed E-state index contributed by atoms with van der Waals surface area (Å²) in [5, 5.41) is 5.82. The maximum Gasteiger partial charge on any atom is 0.408 e. The van der Waals surface area contributed by atoms with E-state index in [1.807, 2.05) is 52.1 Å². The molecule has 0 fully saturated rings. The van der Waals surface area contributed by atoms with E-state index in [2.05, 4.69) is 17.6 Å². The van der Waals surface area contributed by atoms with Crippen molar-refractivity contribution in [2.75, 3.05) is 18.6 Å². The second-order valence-corrected chi connectivity index (χ2v) is 11.6. The third kappa shape index (κ3) is 10.8. The molecule has 0 bridgehead atoms. The lowest BCUT2D eigenvalue weighted by atomic mass is 9.97. The molecule has 36 heavy (non-hydrogen) atoms. The summed E-state index contributed by atoms with van der Waals surface area (Å²) in [5.41, 5.74) is 2.13. The summed E-state index contributed by atoms with van der Waals surface area (Å²) in [6, 6.07) is 4.08. The zero-order valence-electron chi connectivity index (χ0n) is 23.7. The first kappa shape index (κ1) is 31.8. The molecular weight excluding hydrogens is 474 g/mol. The van der Waals surface area contributed by atoms with Crippen molar-refractivity contribution in [2.24, 2.45) is 0 Å². The number of carbonyl (C=O) groups excluding carboxylic acids is 3. The van der Waals surface area contributed by atoms with Gasteiger partial charge in [0.2, 0.25) is 11.8 Å². The number of hydrogen-bond acceptors (Lipinski definition) is 5. The first-order chi connectivity index (χ1) is 16.8. The number of thioether (sulfide) groups is 1. The average Bonchev–Trinajstić information content (AvgIpc) is 2.75. The molecule has 0 aliphatic rings. The lowest BCUT2D eigenvalue weighted by Gasteiger charge is -2.37. The van der Waals surface area contributed by atoms with Crippen LogP contribution in [0.2, 0.25) is 0 Å². The minimum absolute atomic E-state index is 0.209. The van der Waals surface area contributed by atoms with Crippen LogP contribution in [0.25, 0.3) is 0 Å². The standard InChI is InChI=1S/C28H47N3O4S/c1-10-11-12-14-29-25(32)24(22-17-20(4)16-21(5)18-22)31(19(2)3)26(33)23(13-15-36-9)30-27(34)35-28(6,7)8/h16-19,23-24H,10-15H2,1-9H3,(H,29,32)(H,30,34). The SMILES string of the molecule is CCCCCNC(=O)C(c1cc(C)cc(C)c1)N(C(=O)C(CCSC)NC(=O)OC(C)(C)C)C(C)C. The van der Waals surface area contributed by atoms with E-state index in [-0.39, 0.29) is 17.9 Å².